The molecule has 86 valence electrons. The predicted molar refractivity (Wildman–Crippen MR) is 62.8 cm³/mol. The van der Waals surface area contributed by atoms with Crippen LogP contribution in [0.25, 0.3) is 6.08 Å². The number of rotatable bonds is 2. The topological polar surface area (TPSA) is 96.0 Å². The van der Waals surface area contributed by atoms with Gasteiger partial charge < -0.3 is 5.73 Å². The van der Waals surface area contributed by atoms with Crippen molar-refractivity contribution < 1.29 is 9.59 Å². The molecule has 0 aromatic heterocycles. The van der Waals surface area contributed by atoms with Gasteiger partial charge in [-0.2, -0.15) is 5.26 Å². The number of carbonyl (C=O) groups is 2. The molecule has 1 aromatic carbocycles. The smallest absolute Gasteiger partial charge is 0.319 e. The highest BCUT2D eigenvalue weighted by Crippen LogP contribution is 2.13. The Kier molecular flexibility index (Phi) is 4.26. The number of nitrogens with zero attached hydrogens (tertiary/aromatic N) is 1. The minimum Gasteiger partial charge on any atom is -0.351 e. The number of hydrogen-bond donors (Lipinski definition) is 2. The molecule has 0 unspecified atom stereocenters. The molecule has 0 spiro atoms. The van der Waals surface area contributed by atoms with Crippen molar-refractivity contribution in [2.45, 2.75) is 0 Å². The number of primary amides is 1. The molecule has 0 saturated heterocycles. The molecule has 3 N–H and O–H groups in total. The van der Waals surface area contributed by atoms with E-state index in [-0.39, 0.29) is 5.57 Å². The normalized spacial score (nSPS) is 10.5. The number of halogens is 1. The second-order valence-corrected chi connectivity index (χ2v) is 3.48. The van der Waals surface area contributed by atoms with Gasteiger partial charge in [-0.3, -0.25) is 10.1 Å². The van der Waals surface area contributed by atoms with E-state index in [1.165, 1.54) is 6.08 Å². The molecule has 0 atom stereocenters. The zero-order valence-electron chi connectivity index (χ0n) is 8.61. The second kappa shape index (κ2) is 5.68. The Morgan fingerprint density at radius 1 is 1.47 bits per heavy atom. The lowest BCUT2D eigenvalue weighted by atomic mass is 10.1. The average molecular weight is 250 g/mol. The van der Waals surface area contributed by atoms with Gasteiger partial charge in [0.05, 0.1) is 0 Å². The molecule has 0 bridgehead atoms. The third-order valence-corrected chi connectivity index (χ3v) is 2.00. The fraction of sp³-hybridized carbons (Fsp3) is 0. The van der Waals surface area contributed by atoms with E-state index >= 15 is 0 Å². The molecule has 0 radical (unpaired) electrons. The highest BCUT2D eigenvalue weighted by atomic mass is 35.5. The van der Waals surface area contributed by atoms with E-state index in [1.807, 2.05) is 0 Å². The summed E-state index contributed by atoms with van der Waals surface area (Å²) < 4.78 is 0. The summed E-state index contributed by atoms with van der Waals surface area (Å²) in [4.78, 5) is 21.8. The number of hydrogen-bond acceptors (Lipinski definition) is 3. The summed E-state index contributed by atoms with van der Waals surface area (Å²) >= 11 is 5.75. The van der Waals surface area contributed by atoms with Crippen molar-refractivity contribution in [1.82, 2.24) is 5.32 Å². The van der Waals surface area contributed by atoms with Crippen LogP contribution in [0.4, 0.5) is 4.79 Å². The van der Waals surface area contributed by atoms with Crippen molar-refractivity contribution in [3.8, 4) is 6.07 Å². The Morgan fingerprint density at radius 2 is 2.18 bits per heavy atom. The number of nitrogens with one attached hydrogen (secondary N) is 1. The van der Waals surface area contributed by atoms with Gasteiger partial charge in [0, 0.05) is 5.02 Å². The zero-order chi connectivity index (χ0) is 12.8. The first-order valence-electron chi connectivity index (χ1n) is 4.51. The molecule has 0 fully saturated rings. The number of urea groups is 1. The summed E-state index contributed by atoms with van der Waals surface area (Å²) in [5.74, 6) is -0.847. The molecule has 5 nitrogen and oxygen atoms in total. The number of nitrogens with two attached hydrogens (primary N) is 1. The van der Waals surface area contributed by atoms with Crippen LogP contribution in [0.2, 0.25) is 5.02 Å². The molecule has 0 heterocycles. The van der Waals surface area contributed by atoms with Crippen LogP contribution in [-0.2, 0) is 4.79 Å². The van der Waals surface area contributed by atoms with E-state index in [9.17, 15) is 9.59 Å². The van der Waals surface area contributed by atoms with E-state index in [2.05, 4.69) is 0 Å². The summed E-state index contributed by atoms with van der Waals surface area (Å²) in [6.07, 6.45) is 1.31. The summed E-state index contributed by atoms with van der Waals surface area (Å²) in [5.41, 5.74) is 5.12. The van der Waals surface area contributed by atoms with Gasteiger partial charge in [-0.1, -0.05) is 23.7 Å². The first-order valence-corrected chi connectivity index (χ1v) is 4.89. The predicted octanol–water partition coefficient (Wildman–Crippen LogP) is 1.44. The fourth-order valence-corrected chi connectivity index (χ4v) is 1.29. The second-order valence-electron chi connectivity index (χ2n) is 3.04. The van der Waals surface area contributed by atoms with Crippen molar-refractivity contribution in [2.24, 2.45) is 5.73 Å². The first-order chi connectivity index (χ1) is 8.02. The number of imide groups is 1. The lowest BCUT2D eigenvalue weighted by Gasteiger charge is -1.99. The summed E-state index contributed by atoms with van der Waals surface area (Å²) in [7, 11) is 0. The van der Waals surface area contributed by atoms with Gasteiger partial charge in [-0.25, -0.2) is 4.79 Å². The Morgan fingerprint density at radius 3 is 2.71 bits per heavy atom. The van der Waals surface area contributed by atoms with Crippen LogP contribution >= 0.6 is 11.6 Å². The Hall–Kier alpha value is -2.32. The standard InChI is InChI=1S/C11H8ClN3O2/c12-9-3-1-2-7(5-9)4-8(6-13)10(16)15-11(14)17/h1-5H,(H3,14,15,16,17)/b8-4-. The number of benzene rings is 1. The van der Waals surface area contributed by atoms with Crippen molar-refractivity contribution >= 4 is 29.6 Å². The van der Waals surface area contributed by atoms with E-state index < -0.39 is 11.9 Å². The molecule has 6 heteroatoms. The van der Waals surface area contributed by atoms with Crippen molar-refractivity contribution in [1.29, 1.82) is 5.26 Å². The van der Waals surface area contributed by atoms with Gasteiger partial charge in [0.25, 0.3) is 5.91 Å². The van der Waals surface area contributed by atoms with Crippen LogP contribution in [0.5, 0.6) is 0 Å². The van der Waals surface area contributed by atoms with Crippen LogP contribution < -0.4 is 11.1 Å². The lowest BCUT2D eigenvalue weighted by Crippen LogP contribution is -2.35. The number of carbonyl (C=O) groups excluding carboxylic acids is 2. The molecule has 0 saturated carbocycles. The Balaban J connectivity index is 2.99. The van der Waals surface area contributed by atoms with Crippen LogP contribution in [0, 0.1) is 11.3 Å². The highest BCUT2D eigenvalue weighted by molar-refractivity contribution is 6.30. The Labute approximate surface area is 102 Å². The van der Waals surface area contributed by atoms with Crippen LogP contribution in [0.15, 0.2) is 29.8 Å². The summed E-state index contributed by atoms with van der Waals surface area (Å²) in [5, 5.41) is 11.1. The third-order valence-electron chi connectivity index (χ3n) is 1.76. The molecular formula is C11H8ClN3O2. The summed E-state index contributed by atoms with van der Waals surface area (Å²) in [6, 6.07) is 7.25. The third kappa shape index (κ3) is 3.97. The van der Waals surface area contributed by atoms with Gasteiger partial charge in [-0.15, -0.1) is 0 Å². The van der Waals surface area contributed by atoms with Crippen LogP contribution in [0.3, 0.4) is 0 Å². The fourth-order valence-electron chi connectivity index (χ4n) is 1.09. The maximum atomic E-state index is 11.3. The van der Waals surface area contributed by atoms with Gasteiger partial charge in [0.1, 0.15) is 11.6 Å². The number of amides is 3. The van der Waals surface area contributed by atoms with E-state index in [4.69, 9.17) is 22.6 Å². The van der Waals surface area contributed by atoms with E-state index in [1.54, 1.807) is 35.7 Å². The quantitative estimate of drug-likeness (QED) is 0.613. The van der Waals surface area contributed by atoms with Gasteiger partial charge in [0.2, 0.25) is 0 Å². The average Bonchev–Trinajstić information content (AvgIpc) is 2.24. The first kappa shape index (κ1) is 12.7. The lowest BCUT2D eigenvalue weighted by molar-refractivity contribution is -0.115. The maximum Gasteiger partial charge on any atom is 0.319 e. The molecule has 0 aliphatic heterocycles. The molecular weight excluding hydrogens is 242 g/mol. The molecule has 17 heavy (non-hydrogen) atoms. The minimum atomic E-state index is -1.01. The molecule has 0 aliphatic carbocycles. The van der Waals surface area contributed by atoms with Crippen LogP contribution in [0.1, 0.15) is 5.56 Å². The monoisotopic (exact) mass is 249 g/mol. The largest absolute Gasteiger partial charge is 0.351 e. The highest BCUT2D eigenvalue weighted by Gasteiger charge is 2.10. The molecule has 1 aromatic rings. The van der Waals surface area contributed by atoms with Gasteiger partial charge >= 0.3 is 6.03 Å². The summed E-state index contributed by atoms with van der Waals surface area (Å²) in [6.45, 7) is 0. The Bertz CT molecular complexity index is 532. The van der Waals surface area contributed by atoms with Gasteiger partial charge in [0.15, 0.2) is 0 Å². The van der Waals surface area contributed by atoms with Crippen molar-refractivity contribution in [3.63, 3.8) is 0 Å². The molecule has 3 amide bonds. The van der Waals surface area contributed by atoms with Crippen molar-refractivity contribution in [2.75, 3.05) is 0 Å². The zero-order valence-corrected chi connectivity index (χ0v) is 9.36. The van der Waals surface area contributed by atoms with Crippen molar-refractivity contribution in [3.05, 3.63) is 40.4 Å². The van der Waals surface area contributed by atoms with E-state index in [0.717, 1.165) is 0 Å². The maximum absolute atomic E-state index is 11.3. The number of nitriles is 1. The SMILES string of the molecule is N#C/C(=C/c1cccc(Cl)c1)C(=O)NC(N)=O. The molecule has 1 rings (SSSR count). The minimum absolute atomic E-state index is 0.230. The van der Waals surface area contributed by atoms with E-state index in [0.29, 0.717) is 10.6 Å². The molecule has 0 aliphatic rings. The van der Waals surface area contributed by atoms with Crippen LogP contribution in [-0.4, -0.2) is 11.9 Å². The van der Waals surface area contributed by atoms with Gasteiger partial charge in [-0.05, 0) is 23.8 Å².